The fraction of sp³-hybridized carbons (Fsp3) is 0.176. The van der Waals surface area contributed by atoms with Crippen LogP contribution in [0.3, 0.4) is 0 Å². The number of benzene rings is 2. The molecule has 1 aromatic heterocycles. The van der Waals surface area contributed by atoms with Crippen molar-refractivity contribution in [2.75, 3.05) is 11.6 Å². The van der Waals surface area contributed by atoms with Crippen molar-refractivity contribution in [3.8, 4) is 0 Å². The predicted molar refractivity (Wildman–Crippen MR) is 97.0 cm³/mol. The van der Waals surface area contributed by atoms with Gasteiger partial charge in [0.15, 0.2) is 0 Å². The van der Waals surface area contributed by atoms with Crippen LogP contribution in [0.15, 0.2) is 42.5 Å². The number of nitrogens with one attached hydrogen (secondary N) is 1. The zero-order chi connectivity index (χ0) is 17.1. The molecule has 0 atom stereocenters. The Bertz CT molecular complexity index is 897. The largest absolute Gasteiger partial charge is 0.322 e. The molecule has 1 N–H and O–H groups in total. The van der Waals surface area contributed by atoms with Gasteiger partial charge in [0, 0.05) is 5.02 Å². The van der Waals surface area contributed by atoms with Crippen molar-refractivity contribution in [3.05, 3.63) is 59.1 Å². The summed E-state index contributed by atoms with van der Waals surface area (Å²) in [6, 6.07) is 11.8. The van der Waals surface area contributed by atoms with Crippen LogP contribution in [0.2, 0.25) is 5.02 Å². The summed E-state index contributed by atoms with van der Waals surface area (Å²) in [6.45, 7) is 0.0679. The van der Waals surface area contributed by atoms with Crippen molar-refractivity contribution in [2.45, 2.75) is 12.3 Å². The molecule has 0 saturated heterocycles. The van der Waals surface area contributed by atoms with Crippen molar-refractivity contribution in [1.82, 2.24) is 9.55 Å². The Morgan fingerprint density at radius 2 is 2.12 bits per heavy atom. The Labute approximate surface area is 148 Å². The summed E-state index contributed by atoms with van der Waals surface area (Å²) >= 11 is 7.35. The molecule has 3 aromatic rings. The summed E-state index contributed by atoms with van der Waals surface area (Å²) < 4.78 is 15.7. The molecule has 0 bridgehead atoms. The van der Waals surface area contributed by atoms with Gasteiger partial charge in [-0.05, 0) is 36.6 Å². The van der Waals surface area contributed by atoms with Gasteiger partial charge in [0.25, 0.3) is 0 Å². The fourth-order valence-electron chi connectivity index (χ4n) is 2.47. The van der Waals surface area contributed by atoms with Crippen LogP contribution in [0.4, 0.5) is 10.1 Å². The standard InChI is InChI=1S/C17H15ClFN3OS/c1-24-10-16-20-14-4-2-3-5-15(14)22(16)9-17(23)21-13-7-6-11(18)8-12(13)19/h2-8H,9-10H2,1H3,(H,21,23). The van der Waals surface area contributed by atoms with Gasteiger partial charge in [0.1, 0.15) is 18.2 Å². The Hall–Kier alpha value is -2.05. The van der Waals surface area contributed by atoms with Gasteiger partial charge in [-0.25, -0.2) is 9.37 Å². The number of nitrogens with zero attached hydrogens (tertiary/aromatic N) is 2. The summed E-state index contributed by atoms with van der Waals surface area (Å²) in [6.07, 6.45) is 1.98. The fourth-order valence-corrected chi connectivity index (χ4v) is 3.10. The number of fused-ring (bicyclic) bond motifs is 1. The van der Waals surface area contributed by atoms with Crippen molar-refractivity contribution in [1.29, 1.82) is 0 Å². The van der Waals surface area contributed by atoms with E-state index >= 15 is 0 Å². The molecular formula is C17H15ClFN3OS. The van der Waals surface area contributed by atoms with Crippen molar-refractivity contribution >= 4 is 46.0 Å². The average molecular weight is 364 g/mol. The number of rotatable bonds is 5. The molecule has 0 spiro atoms. The number of para-hydroxylation sites is 2. The van der Waals surface area contributed by atoms with Gasteiger partial charge >= 0.3 is 0 Å². The maximum Gasteiger partial charge on any atom is 0.244 e. The van der Waals surface area contributed by atoms with Crippen LogP contribution >= 0.6 is 23.4 Å². The van der Waals surface area contributed by atoms with Gasteiger partial charge in [-0.2, -0.15) is 11.8 Å². The first kappa shape index (κ1) is 16.8. The van der Waals surface area contributed by atoms with E-state index in [1.165, 1.54) is 18.2 Å². The second-order valence-electron chi connectivity index (χ2n) is 5.21. The van der Waals surface area contributed by atoms with Crippen LogP contribution in [0.5, 0.6) is 0 Å². The zero-order valence-electron chi connectivity index (χ0n) is 12.9. The minimum atomic E-state index is -0.560. The van der Waals surface area contributed by atoms with E-state index in [0.29, 0.717) is 5.75 Å². The normalized spacial score (nSPS) is 11.0. The smallest absolute Gasteiger partial charge is 0.244 e. The first-order chi connectivity index (χ1) is 11.6. The van der Waals surface area contributed by atoms with Crippen LogP contribution in [0.1, 0.15) is 5.82 Å². The van der Waals surface area contributed by atoms with E-state index in [-0.39, 0.29) is 23.2 Å². The zero-order valence-corrected chi connectivity index (χ0v) is 14.5. The van der Waals surface area contributed by atoms with Gasteiger partial charge in [-0.15, -0.1) is 0 Å². The number of hydrogen-bond donors (Lipinski definition) is 1. The number of imidazole rings is 1. The molecule has 3 rings (SSSR count). The van der Waals surface area contributed by atoms with Crippen molar-refractivity contribution in [2.24, 2.45) is 0 Å². The molecule has 0 unspecified atom stereocenters. The second kappa shape index (κ2) is 7.23. The lowest BCUT2D eigenvalue weighted by molar-refractivity contribution is -0.116. The minimum absolute atomic E-state index is 0.0679. The number of thioether (sulfide) groups is 1. The first-order valence-electron chi connectivity index (χ1n) is 7.26. The van der Waals surface area contributed by atoms with E-state index in [2.05, 4.69) is 10.3 Å². The number of carbonyl (C=O) groups excluding carboxylic acids is 1. The third-order valence-corrected chi connectivity index (χ3v) is 4.30. The highest BCUT2D eigenvalue weighted by Gasteiger charge is 2.14. The number of aromatic nitrogens is 2. The molecule has 24 heavy (non-hydrogen) atoms. The number of hydrogen-bond acceptors (Lipinski definition) is 3. The molecule has 0 radical (unpaired) electrons. The van der Waals surface area contributed by atoms with E-state index in [4.69, 9.17) is 11.6 Å². The summed E-state index contributed by atoms with van der Waals surface area (Å²) in [5.41, 5.74) is 1.83. The van der Waals surface area contributed by atoms with Gasteiger partial charge in [0.05, 0.1) is 22.5 Å². The summed E-state index contributed by atoms with van der Waals surface area (Å²) in [5, 5.41) is 2.87. The van der Waals surface area contributed by atoms with Crippen LogP contribution < -0.4 is 5.32 Å². The quantitative estimate of drug-likeness (QED) is 0.733. The molecule has 1 amide bonds. The van der Waals surface area contributed by atoms with Crippen LogP contribution in [0.25, 0.3) is 11.0 Å². The summed E-state index contributed by atoms with van der Waals surface area (Å²) in [7, 11) is 0. The Kier molecular flexibility index (Phi) is 5.06. The molecule has 0 aliphatic heterocycles. The average Bonchev–Trinajstić information content (AvgIpc) is 2.88. The number of carbonyl (C=O) groups is 1. The lowest BCUT2D eigenvalue weighted by Gasteiger charge is -2.10. The lowest BCUT2D eigenvalue weighted by Crippen LogP contribution is -2.20. The third-order valence-electron chi connectivity index (χ3n) is 3.51. The van der Waals surface area contributed by atoms with Gasteiger partial charge < -0.3 is 9.88 Å². The van der Waals surface area contributed by atoms with Gasteiger partial charge in [0.2, 0.25) is 5.91 Å². The lowest BCUT2D eigenvalue weighted by atomic mass is 10.3. The summed E-state index contributed by atoms with van der Waals surface area (Å²) in [5.74, 6) is 0.630. The molecule has 0 aliphatic carbocycles. The van der Waals surface area contributed by atoms with Gasteiger partial charge in [-0.3, -0.25) is 4.79 Å². The molecule has 0 aliphatic rings. The Morgan fingerprint density at radius 3 is 2.88 bits per heavy atom. The van der Waals surface area contributed by atoms with Gasteiger partial charge in [-0.1, -0.05) is 23.7 Å². The highest BCUT2D eigenvalue weighted by Crippen LogP contribution is 2.21. The maximum atomic E-state index is 13.8. The van der Waals surface area contributed by atoms with E-state index in [0.717, 1.165) is 16.9 Å². The highest BCUT2D eigenvalue weighted by molar-refractivity contribution is 7.97. The monoisotopic (exact) mass is 363 g/mol. The Balaban J connectivity index is 1.85. The van der Waals surface area contributed by atoms with Crippen molar-refractivity contribution < 1.29 is 9.18 Å². The van der Waals surface area contributed by atoms with Crippen molar-refractivity contribution in [3.63, 3.8) is 0 Å². The molecular weight excluding hydrogens is 349 g/mol. The number of halogens is 2. The minimum Gasteiger partial charge on any atom is -0.322 e. The molecule has 124 valence electrons. The molecule has 7 heteroatoms. The molecule has 0 saturated carbocycles. The summed E-state index contributed by atoms with van der Waals surface area (Å²) in [4.78, 5) is 16.9. The number of anilines is 1. The predicted octanol–water partition coefficient (Wildman–Crippen LogP) is 4.33. The van der Waals surface area contributed by atoms with E-state index in [1.807, 2.05) is 35.1 Å². The SMILES string of the molecule is CSCc1nc2ccccc2n1CC(=O)Nc1ccc(Cl)cc1F. The maximum absolute atomic E-state index is 13.8. The van der Waals surface area contributed by atoms with E-state index < -0.39 is 5.82 Å². The molecule has 0 fully saturated rings. The number of amides is 1. The van der Waals surface area contributed by atoms with E-state index in [1.54, 1.807) is 11.8 Å². The van der Waals surface area contributed by atoms with Crippen LogP contribution in [-0.4, -0.2) is 21.7 Å². The second-order valence-corrected chi connectivity index (χ2v) is 6.51. The first-order valence-corrected chi connectivity index (χ1v) is 9.03. The van der Waals surface area contributed by atoms with E-state index in [9.17, 15) is 9.18 Å². The molecule has 4 nitrogen and oxygen atoms in total. The molecule has 2 aromatic carbocycles. The third kappa shape index (κ3) is 3.55. The van der Waals surface area contributed by atoms with Crippen LogP contribution in [-0.2, 0) is 17.1 Å². The highest BCUT2D eigenvalue weighted by atomic mass is 35.5. The van der Waals surface area contributed by atoms with Crippen LogP contribution in [0, 0.1) is 5.82 Å². The Morgan fingerprint density at radius 1 is 1.33 bits per heavy atom. The molecule has 1 heterocycles. The topological polar surface area (TPSA) is 46.9 Å².